The zero-order valence-corrected chi connectivity index (χ0v) is 21.5. The molecule has 11 heteroatoms. The molecule has 188 valence electrons. The van der Waals surface area contributed by atoms with Crippen molar-refractivity contribution >= 4 is 46.4 Å². The molecule has 3 N–H and O–H groups in total. The number of methoxy groups -OCH3 is 1. The molecule has 1 fully saturated rings. The number of rotatable bonds is 7. The van der Waals surface area contributed by atoms with E-state index in [0.29, 0.717) is 30.0 Å². The summed E-state index contributed by atoms with van der Waals surface area (Å²) in [5.74, 6) is 0.350. The van der Waals surface area contributed by atoms with Crippen LogP contribution in [0.25, 0.3) is 0 Å². The number of anilines is 1. The number of nitrogens with zero attached hydrogens (tertiary/aromatic N) is 2. The third-order valence-electron chi connectivity index (χ3n) is 5.82. The number of benzene rings is 2. The fourth-order valence-electron chi connectivity index (χ4n) is 4.02. The van der Waals surface area contributed by atoms with Gasteiger partial charge in [-0.2, -0.15) is 4.31 Å². The highest BCUT2D eigenvalue weighted by molar-refractivity contribution is 7.89. The molecule has 0 bridgehead atoms. The monoisotopic (exact) mass is 538 g/mol. The zero-order valence-electron chi connectivity index (χ0n) is 19.0. The Hall–Kier alpha value is -2.69. The first-order valence-electron chi connectivity index (χ1n) is 10.6. The molecule has 2 unspecified atom stereocenters. The number of pyridine rings is 1. The second kappa shape index (κ2) is 12.3. The van der Waals surface area contributed by atoms with E-state index in [1.807, 2.05) is 0 Å². The highest BCUT2D eigenvalue weighted by Gasteiger charge is 2.39. The lowest BCUT2D eigenvalue weighted by Crippen LogP contribution is -2.42. The minimum Gasteiger partial charge on any atom is -0.497 e. The van der Waals surface area contributed by atoms with Crippen LogP contribution in [0.2, 0.25) is 0 Å². The second-order valence-corrected chi connectivity index (χ2v) is 9.73. The number of nitrogens with two attached hydrogens (primary N) is 1. The predicted molar refractivity (Wildman–Crippen MR) is 140 cm³/mol. The summed E-state index contributed by atoms with van der Waals surface area (Å²) in [4.78, 5) is 16.6. The average Bonchev–Trinajstić information content (AvgIpc) is 3.35. The van der Waals surface area contributed by atoms with Gasteiger partial charge < -0.3 is 15.8 Å². The summed E-state index contributed by atoms with van der Waals surface area (Å²) in [5.41, 5.74) is 8.44. The number of amides is 1. The number of carbonyl (C=O) groups excluding carboxylic acids is 1. The van der Waals surface area contributed by atoms with Gasteiger partial charge in [-0.05, 0) is 66.9 Å². The lowest BCUT2D eigenvalue weighted by molar-refractivity contribution is 0.102. The fraction of sp³-hybridized carbons (Fsp3) is 0.250. The summed E-state index contributed by atoms with van der Waals surface area (Å²) >= 11 is 0. The Labute approximate surface area is 217 Å². The molecule has 0 aliphatic carbocycles. The minimum atomic E-state index is -3.69. The van der Waals surface area contributed by atoms with Crippen LogP contribution in [0.4, 0.5) is 5.69 Å². The maximum absolute atomic E-state index is 13.3. The summed E-state index contributed by atoms with van der Waals surface area (Å²) in [6.45, 7) is 0.416. The van der Waals surface area contributed by atoms with Crippen LogP contribution in [-0.2, 0) is 10.0 Å². The molecule has 8 nitrogen and oxygen atoms in total. The number of sulfonamides is 1. The SMILES string of the molecule is COc1ccc(S(=O)(=O)N2CCCC2C(N)c2ccc(C(=O)Nc3ccncc3)cc2)cc1.Cl.Cl. The maximum atomic E-state index is 13.3. The molecular weight excluding hydrogens is 511 g/mol. The number of halogens is 2. The van der Waals surface area contributed by atoms with E-state index in [0.717, 1.165) is 12.0 Å². The Kier molecular flexibility index (Phi) is 10.1. The van der Waals surface area contributed by atoms with E-state index in [1.165, 1.54) is 11.4 Å². The van der Waals surface area contributed by atoms with Crippen LogP contribution >= 0.6 is 24.8 Å². The molecule has 1 aliphatic rings. The van der Waals surface area contributed by atoms with Crippen molar-refractivity contribution in [2.24, 2.45) is 5.73 Å². The summed E-state index contributed by atoms with van der Waals surface area (Å²) in [6, 6.07) is 15.8. The first-order chi connectivity index (χ1) is 15.9. The van der Waals surface area contributed by atoms with Crippen molar-refractivity contribution in [2.45, 2.75) is 29.8 Å². The van der Waals surface area contributed by atoms with Crippen LogP contribution in [0, 0.1) is 0 Å². The Balaban J connectivity index is 0.00000216. The summed E-state index contributed by atoms with van der Waals surface area (Å²) in [7, 11) is -2.16. The van der Waals surface area contributed by atoms with Crippen LogP contribution in [0.3, 0.4) is 0 Å². The van der Waals surface area contributed by atoms with Gasteiger partial charge in [-0.15, -0.1) is 24.8 Å². The van der Waals surface area contributed by atoms with Gasteiger partial charge in [0.15, 0.2) is 0 Å². The van der Waals surface area contributed by atoms with Gasteiger partial charge in [-0.3, -0.25) is 9.78 Å². The number of ether oxygens (including phenoxy) is 1. The van der Waals surface area contributed by atoms with Crippen molar-refractivity contribution in [3.05, 3.63) is 84.2 Å². The average molecular weight is 539 g/mol. The van der Waals surface area contributed by atoms with Crippen LogP contribution in [0.1, 0.15) is 34.8 Å². The molecule has 3 aromatic rings. The quantitative estimate of drug-likeness (QED) is 0.469. The third kappa shape index (κ3) is 6.31. The summed E-state index contributed by atoms with van der Waals surface area (Å²) < 4.78 is 33.2. The van der Waals surface area contributed by atoms with Gasteiger partial charge in [0.2, 0.25) is 10.0 Å². The van der Waals surface area contributed by atoms with Crippen molar-refractivity contribution in [3.63, 3.8) is 0 Å². The molecule has 0 spiro atoms. The van der Waals surface area contributed by atoms with Gasteiger partial charge >= 0.3 is 0 Å². The van der Waals surface area contributed by atoms with Gasteiger partial charge in [0.05, 0.1) is 12.0 Å². The van der Waals surface area contributed by atoms with E-state index < -0.39 is 16.1 Å². The smallest absolute Gasteiger partial charge is 0.255 e. The first-order valence-corrected chi connectivity index (χ1v) is 12.1. The summed E-state index contributed by atoms with van der Waals surface area (Å²) in [6.07, 6.45) is 4.61. The van der Waals surface area contributed by atoms with Crippen molar-refractivity contribution < 1.29 is 17.9 Å². The molecule has 1 aliphatic heterocycles. The third-order valence-corrected chi connectivity index (χ3v) is 7.76. The van der Waals surface area contributed by atoms with E-state index in [4.69, 9.17) is 10.5 Å². The van der Waals surface area contributed by atoms with Gasteiger partial charge in [0.25, 0.3) is 5.91 Å². The molecule has 1 amide bonds. The molecule has 0 radical (unpaired) electrons. The molecular formula is C24H28Cl2N4O4S. The van der Waals surface area contributed by atoms with E-state index in [1.54, 1.807) is 73.1 Å². The topological polar surface area (TPSA) is 115 Å². The Bertz CT molecular complexity index is 1210. The van der Waals surface area contributed by atoms with E-state index >= 15 is 0 Å². The van der Waals surface area contributed by atoms with Crippen LogP contribution in [0.15, 0.2) is 78.0 Å². The second-order valence-electron chi connectivity index (χ2n) is 7.84. The molecule has 1 saturated heterocycles. The fourth-order valence-corrected chi connectivity index (χ4v) is 5.74. The maximum Gasteiger partial charge on any atom is 0.255 e. The van der Waals surface area contributed by atoms with E-state index in [2.05, 4.69) is 10.3 Å². The lowest BCUT2D eigenvalue weighted by atomic mass is 9.98. The molecule has 1 aromatic heterocycles. The largest absolute Gasteiger partial charge is 0.497 e. The van der Waals surface area contributed by atoms with E-state index in [-0.39, 0.29) is 41.7 Å². The number of aromatic nitrogens is 1. The highest BCUT2D eigenvalue weighted by Crippen LogP contribution is 2.33. The molecule has 2 heterocycles. The number of hydrogen-bond acceptors (Lipinski definition) is 6. The van der Waals surface area contributed by atoms with E-state index in [9.17, 15) is 13.2 Å². The Morgan fingerprint density at radius 1 is 1.06 bits per heavy atom. The van der Waals surface area contributed by atoms with Crippen molar-refractivity contribution in [2.75, 3.05) is 19.0 Å². The van der Waals surface area contributed by atoms with Crippen molar-refractivity contribution in [1.82, 2.24) is 9.29 Å². The zero-order chi connectivity index (χ0) is 23.4. The number of nitrogens with one attached hydrogen (secondary N) is 1. The lowest BCUT2D eigenvalue weighted by Gasteiger charge is -2.29. The minimum absolute atomic E-state index is 0. The molecule has 2 aromatic carbocycles. The Morgan fingerprint density at radius 3 is 2.29 bits per heavy atom. The summed E-state index contributed by atoms with van der Waals surface area (Å²) in [5, 5.41) is 2.81. The van der Waals surface area contributed by atoms with Crippen molar-refractivity contribution in [3.8, 4) is 5.75 Å². The van der Waals surface area contributed by atoms with Crippen LogP contribution in [-0.4, -0.2) is 43.3 Å². The highest BCUT2D eigenvalue weighted by atomic mass is 35.5. The van der Waals surface area contributed by atoms with Crippen molar-refractivity contribution in [1.29, 1.82) is 0 Å². The first kappa shape index (κ1) is 28.5. The Morgan fingerprint density at radius 2 is 1.69 bits per heavy atom. The van der Waals surface area contributed by atoms with Gasteiger partial charge in [0, 0.05) is 42.3 Å². The molecule has 35 heavy (non-hydrogen) atoms. The van der Waals surface area contributed by atoms with Crippen LogP contribution < -0.4 is 15.8 Å². The standard InChI is InChI=1S/C24H26N4O4S.2ClH/c1-32-20-8-10-21(11-9-20)33(30,31)28-16-2-3-22(28)23(25)17-4-6-18(7-5-17)24(29)27-19-12-14-26-15-13-19;;/h4-15,22-23H,2-3,16,25H2,1H3,(H,26,27,29);2*1H. The van der Waals surface area contributed by atoms with Gasteiger partial charge in [-0.25, -0.2) is 8.42 Å². The number of hydrogen-bond donors (Lipinski definition) is 2. The molecule has 4 rings (SSSR count). The van der Waals surface area contributed by atoms with Crippen LogP contribution in [0.5, 0.6) is 5.75 Å². The van der Waals surface area contributed by atoms with Gasteiger partial charge in [0.1, 0.15) is 5.75 Å². The molecule has 2 atom stereocenters. The normalized spacial score (nSPS) is 16.5. The molecule has 0 saturated carbocycles. The predicted octanol–water partition coefficient (Wildman–Crippen LogP) is 4.04. The van der Waals surface area contributed by atoms with Gasteiger partial charge in [-0.1, -0.05) is 12.1 Å². The number of carbonyl (C=O) groups is 1.